The molecule has 1 unspecified atom stereocenters. The van der Waals surface area contributed by atoms with Crippen molar-refractivity contribution in [3.63, 3.8) is 0 Å². The summed E-state index contributed by atoms with van der Waals surface area (Å²) in [4.78, 5) is 11.9. The summed E-state index contributed by atoms with van der Waals surface area (Å²) < 4.78 is 10.6. The molecule has 2 rings (SSSR count). The van der Waals surface area contributed by atoms with Gasteiger partial charge in [0.05, 0.1) is 6.61 Å². The molecule has 20 heavy (non-hydrogen) atoms. The van der Waals surface area contributed by atoms with Gasteiger partial charge < -0.3 is 9.47 Å². The van der Waals surface area contributed by atoms with Gasteiger partial charge in [-0.15, -0.1) is 0 Å². The number of rotatable bonds is 2. The summed E-state index contributed by atoms with van der Waals surface area (Å²) in [6.07, 6.45) is -0.374. The predicted octanol–water partition coefficient (Wildman–Crippen LogP) is 3.59. The zero-order valence-corrected chi connectivity index (χ0v) is 13.2. The first-order valence-electron chi connectivity index (χ1n) is 7.08. The highest BCUT2D eigenvalue weighted by atomic mass is 16.6. The van der Waals surface area contributed by atoms with Crippen LogP contribution in [0.4, 0.5) is 0 Å². The topological polar surface area (TPSA) is 38.8 Å². The van der Waals surface area contributed by atoms with Crippen LogP contribution in [-0.2, 0) is 20.4 Å². The Hall–Kier alpha value is -1.35. The highest BCUT2D eigenvalue weighted by molar-refractivity contribution is 5.80. The Morgan fingerprint density at radius 3 is 2.20 bits per heavy atom. The number of hydrogen-bond donors (Lipinski definition) is 0. The molecule has 0 aromatic heterocycles. The predicted molar refractivity (Wildman–Crippen MR) is 79.2 cm³/mol. The van der Waals surface area contributed by atoms with Crippen LogP contribution in [0, 0.1) is 0 Å². The summed E-state index contributed by atoms with van der Waals surface area (Å²) in [5.74, 6) is 0.368. The summed E-state index contributed by atoms with van der Waals surface area (Å²) >= 11 is 0. The molecule has 1 atom stereocenters. The third kappa shape index (κ3) is 3.21. The van der Waals surface area contributed by atoms with E-state index in [2.05, 4.69) is 47.6 Å². The van der Waals surface area contributed by atoms with Gasteiger partial charge in [0.1, 0.15) is 5.75 Å². The first-order chi connectivity index (χ1) is 9.10. The molecule has 0 N–H and O–H groups in total. The molecule has 1 fully saturated rings. The van der Waals surface area contributed by atoms with Crippen LogP contribution in [0.5, 0.6) is 5.75 Å². The molecular weight excluding hydrogens is 252 g/mol. The van der Waals surface area contributed by atoms with Gasteiger partial charge in [0.2, 0.25) is 0 Å². The van der Waals surface area contributed by atoms with Gasteiger partial charge in [-0.05, 0) is 22.5 Å². The number of carbonyl (C=O) groups excluding carboxylic acids is 1. The van der Waals surface area contributed by atoms with Gasteiger partial charge in [-0.1, -0.05) is 53.7 Å². The lowest BCUT2D eigenvalue weighted by molar-refractivity contribution is -0.135. The maximum atomic E-state index is 11.9. The van der Waals surface area contributed by atoms with Crippen molar-refractivity contribution in [3.05, 3.63) is 29.3 Å². The number of benzene rings is 1. The molecule has 1 heterocycles. The zero-order valence-electron chi connectivity index (χ0n) is 13.2. The molecule has 0 bridgehead atoms. The average molecular weight is 276 g/mol. The van der Waals surface area contributed by atoms with Crippen LogP contribution in [0.2, 0.25) is 0 Å². The molecule has 3 nitrogen and oxygen atoms in total. The van der Waals surface area contributed by atoms with Crippen LogP contribution < -0.4 is 4.74 Å². The summed E-state index contributed by atoms with van der Waals surface area (Å²) in [5.41, 5.74) is 2.22. The molecule has 0 radical (unpaired) electrons. The van der Waals surface area contributed by atoms with E-state index in [1.54, 1.807) is 0 Å². The fourth-order valence-electron chi connectivity index (χ4n) is 2.37. The Balaban J connectivity index is 2.47. The minimum atomic E-state index is -0.374. The lowest BCUT2D eigenvalue weighted by Gasteiger charge is -2.31. The van der Waals surface area contributed by atoms with Gasteiger partial charge in [0.15, 0.2) is 6.10 Å². The molecular formula is C17H24O3. The number of hydrogen-bond acceptors (Lipinski definition) is 3. The first kappa shape index (κ1) is 15.0. The van der Waals surface area contributed by atoms with Crippen LogP contribution in [-0.4, -0.2) is 18.7 Å². The Labute approximate surface area is 121 Å². The van der Waals surface area contributed by atoms with Crippen molar-refractivity contribution >= 4 is 5.97 Å². The molecule has 1 aromatic carbocycles. The molecule has 0 amide bonds. The van der Waals surface area contributed by atoms with E-state index in [0.29, 0.717) is 12.4 Å². The van der Waals surface area contributed by atoms with Crippen molar-refractivity contribution < 1.29 is 14.3 Å². The number of epoxide rings is 1. The van der Waals surface area contributed by atoms with Crippen LogP contribution in [0.25, 0.3) is 0 Å². The fraction of sp³-hybridized carbons (Fsp3) is 0.588. The van der Waals surface area contributed by atoms with Crippen LogP contribution in [0.3, 0.4) is 0 Å². The Bertz CT molecular complexity index is 514. The van der Waals surface area contributed by atoms with E-state index in [1.165, 1.54) is 5.56 Å². The van der Waals surface area contributed by atoms with Gasteiger partial charge >= 0.3 is 5.97 Å². The second-order valence-corrected chi connectivity index (χ2v) is 7.42. The third-order valence-corrected chi connectivity index (χ3v) is 3.39. The summed E-state index contributed by atoms with van der Waals surface area (Å²) in [6.45, 7) is 13.4. The maximum Gasteiger partial charge on any atom is 0.343 e. The van der Waals surface area contributed by atoms with Crippen molar-refractivity contribution in [3.8, 4) is 5.75 Å². The standard InChI is InChI=1S/C17H24O3/c1-16(2,3)11-8-7-9-12(14(11)17(4,5)6)20-15(18)13-10-19-13/h7-9,13H,10H2,1-6H3. The largest absolute Gasteiger partial charge is 0.424 e. The van der Waals surface area contributed by atoms with E-state index < -0.39 is 0 Å². The molecule has 0 spiro atoms. The number of carbonyl (C=O) groups is 1. The van der Waals surface area contributed by atoms with Crippen molar-refractivity contribution in [2.24, 2.45) is 0 Å². The average Bonchev–Trinajstić information content (AvgIpc) is 3.09. The second kappa shape index (κ2) is 4.88. The molecule has 1 aliphatic heterocycles. The monoisotopic (exact) mass is 276 g/mol. The van der Waals surface area contributed by atoms with Crippen molar-refractivity contribution in [1.82, 2.24) is 0 Å². The third-order valence-electron chi connectivity index (χ3n) is 3.39. The fourth-order valence-corrected chi connectivity index (χ4v) is 2.37. The lowest BCUT2D eigenvalue weighted by Crippen LogP contribution is -2.25. The van der Waals surface area contributed by atoms with Gasteiger partial charge in [0, 0.05) is 5.56 Å². The smallest absolute Gasteiger partial charge is 0.343 e. The first-order valence-corrected chi connectivity index (χ1v) is 7.08. The van der Waals surface area contributed by atoms with E-state index >= 15 is 0 Å². The molecule has 1 aliphatic rings. The van der Waals surface area contributed by atoms with E-state index in [0.717, 1.165) is 5.56 Å². The molecule has 1 saturated heterocycles. The van der Waals surface area contributed by atoms with Crippen LogP contribution >= 0.6 is 0 Å². The van der Waals surface area contributed by atoms with E-state index in [4.69, 9.17) is 9.47 Å². The minimum absolute atomic E-state index is 0.00110. The maximum absolute atomic E-state index is 11.9. The summed E-state index contributed by atoms with van der Waals surface area (Å²) in [7, 11) is 0. The SMILES string of the molecule is CC(C)(C)c1cccc(OC(=O)C2CO2)c1C(C)(C)C. The zero-order chi connectivity index (χ0) is 15.1. The quantitative estimate of drug-likeness (QED) is 0.471. The second-order valence-electron chi connectivity index (χ2n) is 7.42. The van der Waals surface area contributed by atoms with Gasteiger partial charge in [0.25, 0.3) is 0 Å². The van der Waals surface area contributed by atoms with Crippen molar-refractivity contribution in [1.29, 1.82) is 0 Å². The molecule has 0 aliphatic carbocycles. The van der Waals surface area contributed by atoms with Crippen molar-refractivity contribution in [2.75, 3.05) is 6.61 Å². The van der Waals surface area contributed by atoms with Crippen LogP contribution in [0.15, 0.2) is 18.2 Å². The van der Waals surface area contributed by atoms with Crippen molar-refractivity contribution in [2.45, 2.75) is 58.5 Å². The molecule has 3 heteroatoms. The van der Waals surface area contributed by atoms with Gasteiger partial charge in [-0.25, -0.2) is 4.79 Å². The minimum Gasteiger partial charge on any atom is -0.424 e. The Kier molecular flexibility index (Phi) is 3.67. The lowest BCUT2D eigenvalue weighted by atomic mass is 9.75. The molecule has 110 valence electrons. The molecule has 0 saturated carbocycles. The summed E-state index contributed by atoms with van der Waals surface area (Å²) in [6, 6.07) is 5.94. The van der Waals surface area contributed by atoms with Gasteiger partial charge in [-0.2, -0.15) is 0 Å². The number of esters is 1. The van der Waals surface area contributed by atoms with E-state index in [9.17, 15) is 4.79 Å². The highest BCUT2D eigenvalue weighted by Crippen LogP contribution is 2.40. The van der Waals surface area contributed by atoms with E-state index in [1.807, 2.05) is 12.1 Å². The van der Waals surface area contributed by atoms with Gasteiger partial charge in [-0.3, -0.25) is 0 Å². The normalized spacial score (nSPS) is 18.8. The van der Waals surface area contributed by atoms with Crippen LogP contribution in [0.1, 0.15) is 52.7 Å². The number of ether oxygens (including phenoxy) is 2. The van der Waals surface area contributed by atoms with E-state index in [-0.39, 0.29) is 22.9 Å². The Morgan fingerprint density at radius 2 is 1.75 bits per heavy atom. The Morgan fingerprint density at radius 1 is 1.15 bits per heavy atom. The molecule has 1 aromatic rings. The highest BCUT2D eigenvalue weighted by Gasteiger charge is 2.35. The summed E-state index contributed by atoms with van der Waals surface area (Å²) in [5, 5.41) is 0.